The second-order valence-corrected chi connectivity index (χ2v) is 8.98. The summed E-state index contributed by atoms with van der Waals surface area (Å²) in [7, 11) is 4.43. The summed E-state index contributed by atoms with van der Waals surface area (Å²) < 4.78 is 16.0. The van der Waals surface area contributed by atoms with Crippen molar-refractivity contribution in [1.82, 2.24) is 5.32 Å². The van der Waals surface area contributed by atoms with Gasteiger partial charge < -0.3 is 24.4 Å². The lowest BCUT2D eigenvalue weighted by molar-refractivity contribution is -0.145. The van der Waals surface area contributed by atoms with Gasteiger partial charge in [-0.1, -0.05) is 42.5 Å². The summed E-state index contributed by atoms with van der Waals surface area (Å²) in [5, 5.41) is 21.8. The number of carbonyl (C=O) groups is 2. The van der Waals surface area contributed by atoms with Gasteiger partial charge in [-0.25, -0.2) is 4.79 Å². The Morgan fingerprint density at radius 1 is 0.974 bits per heavy atom. The van der Waals surface area contributed by atoms with Crippen molar-refractivity contribution in [1.29, 1.82) is 0 Å². The van der Waals surface area contributed by atoms with Gasteiger partial charge in [-0.15, -0.1) is 0 Å². The van der Waals surface area contributed by atoms with Crippen molar-refractivity contribution in [2.75, 3.05) is 27.9 Å². The predicted molar refractivity (Wildman–Crippen MR) is 146 cm³/mol. The number of methoxy groups -OCH3 is 3. The molecular weight excluding hydrogens is 486 g/mol. The maximum Gasteiger partial charge on any atom is 0.337 e. The molecule has 0 bridgehead atoms. The van der Waals surface area contributed by atoms with E-state index in [4.69, 9.17) is 14.2 Å². The van der Waals surface area contributed by atoms with E-state index in [0.29, 0.717) is 22.6 Å². The maximum absolute atomic E-state index is 12.0. The number of carboxylic acids is 1. The summed E-state index contributed by atoms with van der Waals surface area (Å²) in [6.45, 7) is 2.98. The van der Waals surface area contributed by atoms with Gasteiger partial charge in [0.05, 0.1) is 33.5 Å². The Balaban J connectivity index is 1.93. The minimum Gasteiger partial charge on any atom is -0.496 e. The third-order valence-electron chi connectivity index (χ3n) is 6.50. The molecule has 3 aromatic carbocycles. The molecule has 0 aliphatic heterocycles. The normalized spacial score (nSPS) is 12.7. The fraction of sp³-hybridized carbons (Fsp3) is 0.267. The average Bonchev–Trinajstić information content (AvgIpc) is 2.94. The Bertz CT molecular complexity index is 1320. The van der Waals surface area contributed by atoms with Crippen molar-refractivity contribution < 1.29 is 34.0 Å². The van der Waals surface area contributed by atoms with Crippen LogP contribution in [-0.2, 0) is 16.1 Å². The molecule has 0 saturated carbocycles. The zero-order valence-electron chi connectivity index (χ0n) is 22.2. The molecule has 0 fully saturated rings. The van der Waals surface area contributed by atoms with Crippen molar-refractivity contribution in [3.05, 3.63) is 82.4 Å². The summed E-state index contributed by atoms with van der Waals surface area (Å²) in [5.41, 5.74) is 4.39. The van der Waals surface area contributed by atoms with E-state index in [1.54, 1.807) is 6.07 Å². The number of carboxylic acid groups (broad SMARTS) is 1. The minimum atomic E-state index is -1.51. The summed E-state index contributed by atoms with van der Waals surface area (Å²) in [4.78, 5) is 23.5. The van der Waals surface area contributed by atoms with Crippen LogP contribution in [0.5, 0.6) is 11.5 Å². The monoisotopic (exact) mass is 519 g/mol. The van der Waals surface area contributed by atoms with Crippen LogP contribution in [0, 0.1) is 6.92 Å². The van der Waals surface area contributed by atoms with Gasteiger partial charge in [-0.05, 0) is 65.9 Å². The van der Waals surface area contributed by atoms with E-state index in [1.165, 1.54) is 28.3 Å². The molecule has 8 heteroatoms. The molecule has 38 heavy (non-hydrogen) atoms. The second kappa shape index (κ2) is 12.4. The lowest BCUT2D eigenvalue weighted by Gasteiger charge is -2.25. The summed E-state index contributed by atoms with van der Waals surface area (Å²) in [6, 6.07) is 17.0. The van der Waals surface area contributed by atoms with Crippen molar-refractivity contribution in [3.8, 4) is 22.6 Å². The number of hydrogen-bond donors (Lipinski definition) is 3. The first-order valence-electron chi connectivity index (χ1n) is 12.0. The Morgan fingerprint density at radius 2 is 1.63 bits per heavy atom. The molecular formula is C30H33NO7. The molecule has 0 aliphatic carbocycles. The number of benzene rings is 3. The Kier molecular flexibility index (Phi) is 9.28. The van der Waals surface area contributed by atoms with Crippen LogP contribution in [0.1, 0.15) is 39.5 Å². The topological polar surface area (TPSA) is 114 Å². The largest absolute Gasteiger partial charge is 0.496 e. The molecule has 0 saturated heterocycles. The highest BCUT2D eigenvalue weighted by atomic mass is 16.5. The SMILES string of the molecule is COC(=O)c1cccc(-c2cccc(C=Cc3cc(OC)c(CNC(C)(CO)C(=O)O)c(OC)c3)c2C)c1. The summed E-state index contributed by atoms with van der Waals surface area (Å²) in [5.74, 6) is -0.502. The second-order valence-electron chi connectivity index (χ2n) is 8.98. The van der Waals surface area contributed by atoms with Gasteiger partial charge >= 0.3 is 11.9 Å². The van der Waals surface area contributed by atoms with Crippen LogP contribution < -0.4 is 14.8 Å². The van der Waals surface area contributed by atoms with Crippen LogP contribution in [0.2, 0.25) is 0 Å². The van der Waals surface area contributed by atoms with Crippen LogP contribution in [0.15, 0.2) is 54.6 Å². The number of carbonyl (C=O) groups excluding carboxylic acids is 1. The number of ether oxygens (including phenoxy) is 3. The first-order chi connectivity index (χ1) is 18.2. The fourth-order valence-corrected chi connectivity index (χ4v) is 4.02. The van der Waals surface area contributed by atoms with Gasteiger partial charge in [-0.2, -0.15) is 0 Å². The molecule has 0 amide bonds. The fourth-order valence-electron chi connectivity index (χ4n) is 4.02. The van der Waals surface area contributed by atoms with Gasteiger partial charge in [0.25, 0.3) is 0 Å². The standard InChI is InChI=1S/C30H33NO7/c1-19-21(8-7-11-24(19)22-9-6-10-23(16-22)28(33)38-5)13-12-20-14-26(36-3)25(27(15-20)37-4)17-31-30(2,18-32)29(34)35/h6-16,31-32H,17-18H2,1-5H3,(H,34,35). The molecule has 3 rings (SSSR count). The van der Waals surface area contributed by atoms with E-state index >= 15 is 0 Å². The number of aliphatic hydroxyl groups is 1. The molecule has 0 aliphatic rings. The van der Waals surface area contributed by atoms with Crippen molar-refractivity contribution >= 4 is 24.1 Å². The average molecular weight is 520 g/mol. The van der Waals surface area contributed by atoms with Gasteiger partial charge in [0, 0.05) is 12.1 Å². The third kappa shape index (κ3) is 6.22. The molecule has 3 N–H and O–H groups in total. The Morgan fingerprint density at radius 3 is 2.21 bits per heavy atom. The predicted octanol–water partition coefficient (Wildman–Crippen LogP) is 4.56. The first-order valence-corrected chi connectivity index (χ1v) is 12.0. The van der Waals surface area contributed by atoms with Gasteiger partial charge in [0.2, 0.25) is 0 Å². The van der Waals surface area contributed by atoms with Crippen LogP contribution in [0.25, 0.3) is 23.3 Å². The lowest BCUT2D eigenvalue weighted by atomic mass is 9.95. The molecule has 8 nitrogen and oxygen atoms in total. The quantitative estimate of drug-likeness (QED) is 0.250. The number of esters is 1. The van der Waals surface area contributed by atoms with Crippen molar-refractivity contribution in [2.45, 2.75) is 25.9 Å². The zero-order chi connectivity index (χ0) is 27.9. The van der Waals surface area contributed by atoms with Gasteiger partial charge in [0.15, 0.2) is 0 Å². The number of aliphatic hydroxyl groups excluding tert-OH is 1. The lowest BCUT2D eigenvalue weighted by Crippen LogP contribution is -2.52. The van der Waals surface area contributed by atoms with E-state index in [-0.39, 0.29) is 12.5 Å². The number of nitrogens with one attached hydrogen (secondary N) is 1. The first kappa shape index (κ1) is 28.4. The minimum absolute atomic E-state index is 0.117. The maximum atomic E-state index is 12.0. The van der Waals surface area contributed by atoms with Crippen LogP contribution >= 0.6 is 0 Å². The van der Waals surface area contributed by atoms with E-state index < -0.39 is 18.1 Å². The summed E-state index contributed by atoms with van der Waals surface area (Å²) in [6.07, 6.45) is 3.93. The number of rotatable bonds is 11. The number of aliphatic carboxylic acids is 1. The Hall–Kier alpha value is -4.14. The molecule has 1 atom stereocenters. The van der Waals surface area contributed by atoms with Crippen LogP contribution in [0.3, 0.4) is 0 Å². The van der Waals surface area contributed by atoms with E-state index in [1.807, 2.05) is 67.6 Å². The van der Waals surface area contributed by atoms with Crippen molar-refractivity contribution in [2.24, 2.45) is 0 Å². The number of hydrogen-bond acceptors (Lipinski definition) is 7. The van der Waals surface area contributed by atoms with Crippen LogP contribution in [0.4, 0.5) is 0 Å². The van der Waals surface area contributed by atoms with Crippen molar-refractivity contribution in [3.63, 3.8) is 0 Å². The highest BCUT2D eigenvalue weighted by Gasteiger charge is 2.32. The molecule has 0 radical (unpaired) electrons. The molecule has 1 unspecified atom stereocenters. The zero-order valence-corrected chi connectivity index (χ0v) is 22.2. The molecule has 0 aromatic heterocycles. The molecule has 0 heterocycles. The molecule has 200 valence electrons. The van der Waals surface area contributed by atoms with E-state index in [9.17, 15) is 19.8 Å². The highest BCUT2D eigenvalue weighted by molar-refractivity contribution is 5.91. The van der Waals surface area contributed by atoms with Gasteiger partial charge in [-0.3, -0.25) is 10.1 Å². The molecule has 3 aromatic rings. The Labute approximate surface area is 222 Å². The van der Waals surface area contributed by atoms with E-state index in [2.05, 4.69) is 5.32 Å². The summed E-state index contributed by atoms with van der Waals surface area (Å²) >= 11 is 0. The van der Waals surface area contributed by atoms with Crippen LogP contribution in [-0.4, -0.2) is 55.6 Å². The molecule has 0 spiro atoms. The van der Waals surface area contributed by atoms with Gasteiger partial charge in [0.1, 0.15) is 17.0 Å². The van der Waals surface area contributed by atoms with E-state index in [0.717, 1.165) is 27.8 Å². The smallest absolute Gasteiger partial charge is 0.337 e. The third-order valence-corrected chi connectivity index (χ3v) is 6.50. The highest BCUT2D eigenvalue weighted by Crippen LogP contribution is 2.33.